The molecule has 0 bridgehead atoms. The zero-order valence-electron chi connectivity index (χ0n) is 9.64. The summed E-state index contributed by atoms with van der Waals surface area (Å²) in [6.45, 7) is 2.76. The van der Waals surface area contributed by atoms with Gasteiger partial charge in [-0.1, -0.05) is 22.0 Å². The average Bonchev–Trinajstić information content (AvgIpc) is 2.79. The highest BCUT2D eigenvalue weighted by atomic mass is 79.9. The molecule has 0 saturated heterocycles. The Balaban J connectivity index is 2.52. The van der Waals surface area contributed by atoms with Gasteiger partial charge in [0.15, 0.2) is 0 Å². The molecule has 0 aliphatic rings. The molecule has 2 atom stereocenters. The monoisotopic (exact) mass is 305 g/mol. The maximum atomic E-state index is 11.3. The summed E-state index contributed by atoms with van der Waals surface area (Å²) in [7, 11) is 3.40. The predicted molar refractivity (Wildman–Crippen MR) is 70.1 cm³/mol. The summed E-state index contributed by atoms with van der Waals surface area (Å²) in [6, 6.07) is 4.45. The minimum absolute atomic E-state index is 0.231. The summed E-state index contributed by atoms with van der Waals surface area (Å²) in [6.07, 6.45) is 0. The van der Waals surface area contributed by atoms with Gasteiger partial charge in [0.1, 0.15) is 4.83 Å². The van der Waals surface area contributed by atoms with Crippen LogP contribution in [0.1, 0.15) is 17.8 Å². The summed E-state index contributed by atoms with van der Waals surface area (Å²) >= 11 is 5.05. The standard InChI is InChI=1S/C11H16BrNO2S/c1-8(10-5-4-6-16-10)13(2)7-9(12)11(14)15-3/h4-6,8-9H,7H2,1-3H3. The van der Waals surface area contributed by atoms with Gasteiger partial charge in [0.05, 0.1) is 7.11 Å². The van der Waals surface area contributed by atoms with Gasteiger partial charge in [0.2, 0.25) is 0 Å². The average molecular weight is 306 g/mol. The number of esters is 1. The molecule has 0 aliphatic carbocycles. The molecule has 90 valence electrons. The number of nitrogens with zero attached hydrogens (tertiary/aromatic N) is 1. The van der Waals surface area contributed by atoms with Crippen molar-refractivity contribution in [1.82, 2.24) is 4.90 Å². The quantitative estimate of drug-likeness (QED) is 0.619. The maximum absolute atomic E-state index is 11.3. The van der Waals surface area contributed by atoms with Gasteiger partial charge < -0.3 is 4.74 Å². The fourth-order valence-corrected chi connectivity index (χ4v) is 2.85. The number of ether oxygens (including phenoxy) is 1. The van der Waals surface area contributed by atoms with E-state index in [0.29, 0.717) is 12.6 Å². The molecule has 0 N–H and O–H groups in total. The lowest BCUT2D eigenvalue weighted by Crippen LogP contribution is -2.33. The lowest BCUT2D eigenvalue weighted by atomic mass is 10.2. The Morgan fingerprint density at radius 1 is 1.69 bits per heavy atom. The van der Waals surface area contributed by atoms with Gasteiger partial charge in [0, 0.05) is 17.5 Å². The molecule has 2 unspecified atom stereocenters. The highest BCUT2D eigenvalue weighted by molar-refractivity contribution is 9.10. The third kappa shape index (κ3) is 3.57. The lowest BCUT2D eigenvalue weighted by molar-refractivity contribution is -0.140. The molecule has 3 nitrogen and oxygen atoms in total. The summed E-state index contributed by atoms with van der Waals surface area (Å²) < 4.78 is 4.67. The smallest absolute Gasteiger partial charge is 0.320 e. The predicted octanol–water partition coefficient (Wildman–Crippen LogP) is 2.68. The van der Waals surface area contributed by atoms with Gasteiger partial charge in [-0.15, -0.1) is 11.3 Å². The fourth-order valence-electron chi connectivity index (χ4n) is 1.36. The van der Waals surface area contributed by atoms with Gasteiger partial charge in [-0.05, 0) is 25.4 Å². The first-order chi connectivity index (χ1) is 7.56. The zero-order valence-corrected chi connectivity index (χ0v) is 12.0. The van der Waals surface area contributed by atoms with Crippen LogP contribution in [0.5, 0.6) is 0 Å². The van der Waals surface area contributed by atoms with Crippen molar-refractivity contribution < 1.29 is 9.53 Å². The van der Waals surface area contributed by atoms with Crippen molar-refractivity contribution in [2.75, 3.05) is 20.7 Å². The van der Waals surface area contributed by atoms with E-state index in [2.05, 4.69) is 43.9 Å². The van der Waals surface area contributed by atoms with Crippen molar-refractivity contribution in [2.45, 2.75) is 17.8 Å². The molecule has 16 heavy (non-hydrogen) atoms. The second-order valence-corrected chi connectivity index (χ2v) is 5.71. The van der Waals surface area contributed by atoms with E-state index in [1.54, 1.807) is 11.3 Å². The van der Waals surface area contributed by atoms with Crippen molar-refractivity contribution in [3.63, 3.8) is 0 Å². The molecule has 0 aliphatic heterocycles. The number of halogens is 1. The first kappa shape index (κ1) is 13.7. The first-order valence-electron chi connectivity index (χ1n) is 5.01. The Morgan fingerprint density at radius 3 is 2.88 bits per heavy atom. The van der Waals surface area contributed by atoms with E-state index < -0.39 is 0 Å². The third-order valence-corrected chi connectivity index (χ3v) is 4.23. The number of rotatable bonds is 5. The van der Waals surface area contributed by atoms with Crippen LogP contribution in [-0.2, 0) is 9.53 Å². The molecule has 0 amide bonds. The molecular formula is C11H16BrNO2S. The molecule has 5 heteroatoms. The Kier molecular flexibility index (Phi) is 5.44. The third-order valence-electron chi connectivity index (χ3n) is 2.52. The Labute approximate surface area is 109 Å². The van der Waals surface area contributed by atoms with Gasteiger partial charge in [-0.25, -0.2) is 0 Å². The normalized spacial score (nSPS) is 14.8. The van der Waals surface area contributed by atoms with Crippen LogP contribution in [-0.4, -0.2) is 36.4 Å². The summed E-state index contributed by atoms with van der Waals surface area (Å²) in [5.74, 6) is -0.231. The van der Waals surface area contributed by atoms with Crippen molar-refractivity contribution in [1.29, 1.82) is 0 Å². The fraction of sp³-hybridized carbons (Fsp3) is 0.545. The lowest BCUT2D eigenvalue weighted by Gasteiger charge is -2.25. The first-order valence-corrected chi connectivity index (χ1v) is 6.81. The number of hydrogen-bond donors (Lipinski definition) is 0. The number of hydrogen-bond acceptors (Lipinski definition) is 4. The highest BCUT2D eigenvalue weighted by Crippen LogP contribution is 2.24. The number of alkyl halides is 1. The zero-order chi connectivity index (χ0) is 12.1. The summed E-state index contributed by atoms with van der Waals surface area (Å²) in [4.78, 5) is 14.4. The number of carbonyl (C=O) groups excluding carboxylic acids is 1. The van der Waals surface area contributed by atoms with Crippen LogP contribution in [0, 0.1) is 0 Å². The number of carbonyl (C=O) groups is 1. The molecule has 1 heterocycles. The van der Waals surface area contributed by atoms with E-state index in [1.807, 2.05) is 13.1 Å². The summed E-state index contributed by atoms with van der Waals surface area (Å²) in [5.41, 5.74) is 0. The van der Waals surface area contributed by atoms with Crippen LogP contribution in [0.2, 0.25) is 0 Å². The molecule has 1 rings (SSSR count). The van der Waals surface area contributed by atoms with Gasteiger partial charge >= 0.3 is 5.97 Å². The molecule has 0 fully saturated rings. The van der Waals surface area contributed by atoms with E-state index in [9.17, 15) is 4.79 Å². The summed E-state index contributed by atoms with van der Waals surface area (Å²) in [5, 5.41) is 2.06. The number of methoxy groups -OCH3 is 1. The van der Waals surface area contributed by atoms with Crippen LogP contribution in [0.4, 0.5) is 0 Å². The Bertz CT molecular complexity index is 329. The SMILES string of the molecule is COC(=O)C(Br)CN(C)C(C)c1cccs1. The van der Waals surface area contributed by atoms with Crippen LogP contribution < -0.4 is 0 Å². The molecule has 0 saturated carbocycles. The highest BCUT2D eigenvalue weighted by Gasteiger charge is 2.21. The van der Waals surface area contributed by atoms with E-state index >= 15 is 0 Å². The number of thiophene rings is 1. The van der Waals surface area contributed by atoms with Gasteiger partial charge in [-0.2, -0.15) is 0 Å². The molecule has 1 aromatic rings. The van der Waals surface area contributed by atoms with Crippen molar-refractivity contribution in [3.8, 4) is 0 Å². The van der Waals surface area contributed by atoms with Gasteiger partial charge in [-0.3, -0.25) is 9.69 Å². The van der Waals surface area contributed by atoms with Crippen molar-refractivity contribution in [3.05, 3.63) is 22.4 Å². The molecular weight excluding hydrogens is 290 g/mol. The molecule has 0 spiro atoms. The van der Waals surface area contributed by atoms with E-state index in [0.717, 1.165) is 0 Å². The molecule has 0 radical (unpaired) electrons. The second-order valence-electron chi connectivity index (χ2n) is 3.62. The topological polar surface area (TPSA) is 29.5 Å². The van der Waals surface area contributed by atoms with E-state index in [1.165, 1.54) is 12.0 Å². The van der Waals surface area contributed by atoms with E-state index in [-0.39, 0.29) is 10.8 Å². The minimum Gasteiger partial charge on any atom is -0.468 e. The van der Waals surface area contributed by atoms with Crippen molar-refractivity contribution >= 4 is 33.2 Å². The maximum Gasteiger partial charge on any atom is 0.320 e. The van der Waals surface area contributed by atoms with Gasteiger partial charge in [0.25, 0.3) is 0 Å². The van der Waals surface area contributed by atoms with Crippen molar-refractivity contribution in [2.24, 2.45) is 0 Å². The Hall–Kier alpha value is -0.390. The van der Waals surface area contributed by atoms with Crippen LogP contribution in [0.15, 0.2) is 17.5 Å². The van der Waals surface area contributed by atoms with Crippen LogP contribution in [0.25, 0.3) is 0 Å². The minimum atomic E-state index is -0.273. The second kappa shape index (κ2) is 6.37. The van der Waals surface area contributed by atoms with Crippen LogP contribution in [0.3, 0.4) is 0 Å². The van der Waals surface area contributed by atoms with E-state index in [4.69, 9.17) is 0 Å². The molecule has 1 aromatic heterocycles. The largest absolute Gasteiger partial charge is 0.468 e. The van der Waals surface area contributed by atoms with Crippen LogP contribution >= 0.6 is 27.3 Å². The molecule has 0 aromatic carbocycles. The Morgan fingerprint density at radius 2 is 2.38 bits per heavy atom.